The number of benzene rings is 1. The van der Waals surface area contributed by atoms with Gasteiger partial charge in [-0.05, 0) is 12.1 Å². The lowest BCUT2D eigenvalue weighted by molar-refractivity contribution is -0.144. The van der Waals surface area contributed by atoms with Crippen molar-refractivity contribution in [2.75, 3.05) is 0 Å². The number of hydrogen-bond donors (Lipinski definition) is 0. The molecular formula is C15H5F6N3O2. The van der Waals surface area contributed by atoms with E-state index in [1.807, 2.05) is 0 Å². The van der Waals surface area contributed by atoms with Crippen LogP contribution in [0.5, 0.6) is 0 Å². The molecule has 0 spiro atoms. The Labute approximate surface area is 139 Å². The van der Waals surface area contributed by atoms with E-state index in [4.69, 9.17) is 8.83 Å². The molecule has 0 atom stereocenters. The van der Waals surface area contributed by atoms with Crippen LogP contribution >= 0.6 is 0 Å². The van der Waals surface area contributed by atoms with Crippen molar-refractivity contribution in [1.82, 2.24) is 15.2 Å². The Bertz CT molecular complexity index is 1110. The third-order valence-corrected chi connectivity index (χ3v) is 3.63. The third-order valence-electron chi connectivity index (χ3n) is 3.63. The molecule has 0 aliphatic heterocycles. The minimum atomic E-state index is -5.06. The first-order chi connectivity index (χ1) is 12.1. The van der Waals surface area contributed by atoms with Crippen LogP contribution in [0, 0.1) is 0 Å². The minimum absolute atomic E-state index is 0.00206. The van der Waals surface area contributed by atoms with Crippen molar-refractivity contribution in [3.05, 3.63) is 41.9 Å². The zero-order chi connectivity index (χ0) is 18.7. The molecule has 3 heterocycles. The van der Waals surface area contributed by atoms with Gasteiger partial charge < -0.3 is 8.83 Å². The summed E-state index contributed by atoms with van der Waals surface area (Å²) in [5.41, 5.74) is -3.92. The molecule has 0 saturated heterocycles. The molecule has 134 valence electrons. The molecule has 0 N–H and O–H groups in total. The van der Waals surface area contributed by atoms with Gasteiger partial charge >= 0.3 is 12.4 Å². The van der Waals surface area contributed by atoms with E-state index in [0.717, 1.165) is 12.5 Å². The van der Waals surface area contributed by atoms with E-state index >= 15 is 0 Å². The maximum Gasteiger partial charge on any atom is 0.433 e. The second kappa shape index (κ2) is 5.19. The van der Waals surface area contributed by atoms with Crippen LogP contribution in [0.15, 0.2) is 39.5 Å². The summed E-state index contributed by atoms with van der Waals surface area (Å²) in [6, 6.07) is 3.67. The molecule has 4 aromatic rings. The Balaban J connectivity index is 2.09. The van der Waals surface area contributed by atoms with Gasteiger partial charge in [0.15, 0.2) is 11.3 Å². The summed E-state index contributed by atoms with van der Waals surface area (Å²) in [6.45, 7) is 0. The summed E-state index contributed by atoms with van der Waals surface area (Å²) in [6.07, 6.45) is -9.06. The lowest BCUT2D eigenvalue weighted by atomic mass is 10.1. The third kappa shape index (κ3) is 2.55. The van der Waals surface area contributed by atoms with E-state index < -0.39 is 34.5 Å². The number of nitrogens with zero attached hydrogens (tertiary/aromatic N) is 3. The number of hydrogen-bond acceptors (Lipinski definition) is 5. The van der Waals surface area contributed by atoms with Gasteiger partial charge in [0.25, 0.3) is 5.89 Å². The number of rotatable bonds is 1. The average Bonchev–Trinajstić information content (AvgIpc) is 3.20. The van der Waals surface area contributed by atoms with Crippen molar-refractivity contribution >= 4 is 21.9 Å². The fourth-order valence-electron chi connectivity index (χ4n) is 2.55. The summed E-state index contributed by atoms with van der Waals surface area (Å²) in [5, 5.41) is 6.75. The van der Waals surface area contributed by atoms with Crippen LogP contribution in [0.4, 0.5) is 26.3 Å². The summed E-state index contributed by atoms with van der Waals surface area (Å²) in [5.74, 6) is -0.0739. The molecule has 3 aromatic heterocycles. The van der Waals surface area contributed by atoms with Crippen LogP contribution in [0.2, 0.25) is 0 Å². The van der Waals surface area contributed by atoms with Crippen molar-refractivity contribution in [1.29, 1.82) is 0 Å². The second-order valence-electron chi connectivity index (χ2n) is 5.29. The van der Waals surface area contributed by atoms with Crippen LogP contribution in [0.25, 0.3) is 33.5 Å². The standard InChI is InChI=1S/C15H5F6N3O2/c16-14(17,18)8-4-10(15(19,20)21)23-11-7(8)2-1-6-3-9(26-12(6)11)13-24-22-5-25-13/h1-5H. The Hall–Kier alpha value is -3.11. The van der Waals surface area contributed by atoms with E-state index in [2.05, 4.69) is 15.2 Å². The predicted octanol–water partition coefficient (Wildman–Crippen LogP) is 5.07. The zero-order valence-electron chi connectivity index (χ0n) is 12.3. The van der Waals surface area contributed by atoms with Gasteiger partial charge in [0, 0.05) is 10.8 Å². The van der Waals surface area contributed by atoms with Gasteiger partial charge in [0.05, 0.1) is 5.56 Å². The van der Waals surface area contributed by atoms with Crippen molar-refractivity contribution < 1.29 is 35.2 Å². The molecule has 0 radical (unpaired) electrons. The maximum atomic E-state index is 13.3. The topological polar surface area (TPSA) is 65.0 Å². The first-order valence-corrected chi connectivity index (χ1v) is 6.93. The minimum Gasteiger partial charge on any atom is -0.449 e. The number of halogens is 6. The van der Waals surface area contributed by atoms with Gasteiger partial charge in [-0.25, -0.2) is 4.98 Å². The normalized spacial score (nSPS) is 13.0. The highest BCUT2D eigenvalue weighted by Gasteiger charge is 2.39. The summed E-state index contributed by atoms with van der Waals surface area (Å²) < 4.78 is 89.1. The van der Waals surface area contributed by atoms with Crippen LogP contribution in [0.1, 0.15) is 11.3 Å². The number of furan rings is 1. The highest BCUT2D eigenvalue weighted by Crippen LogP contribution is 2.41. The van der Waals surface area contributed by atoms with E-state index in [9.17, 15) is 26.3 Å². The molecule has 5 nitrogen and oxygen atoms in total. The van der Waals surface area contributed by atoms with E-state index in [-0.39, 0.29) is 28.7 Å². The average molecular weight is 373 g/mol. The van der Waals surface area contributed by atoms with Gasteiger partial charge in [-0.3, -0.25) is 0 Å². The van der Waals surface area contributed by atoms with Crippen LogP contribution < -0.4 is 0 Å². The smallest absolute Gasteiger partial charge is 0.433 e. The van der Waals surface area contributed by atoms with Crippen molar-refractivity contribution in [3.8, 4) is 11.7 Å². The van der Waals surface area contributed by atoms with Crippen molar-refractivity contribution in [2.24, 2.45) is 0 Å². The molecule has 0 aliphatic carbocycles. The molecule has 26 heavy (non-hydrogen) atoms. The summed E-state index contributed by atoms with van der Waals surface area (Å²) in [4.78, 5) is 3.36. The number of fused-ring (bicyclic) bond motifs is 3. The maximum absolute atomic E-state index is 13.3. The highest BCUT2D eigenvalue weighted by atomic mass is 19.4. The van der Waals surface area contributed by atoms with E-state index in [1.165, 1.54) is 12.1 Å². The highest BCUT2D eigenvalue weighted by molar-refractivity contribution is 6.04. The van der Waals surface area contributed by atoms with E-state index in [0.29, 0.717) is 0 Å². The first kappa shape index (κ1) is 16.4. The lowest BCUT2D eigenvalue weighted by Gasteiger charge is -2.14. The molecule has 0 amide bonds. The molecule has 4 rings (SSSR count). The second-order valence-corrected chi connectivity index (χ2v) is 5.29. The number of alkyl halides is 6. The molecule has 0 bridgehead atoms. The van der Waals surface area contributed by atoms with Crippen molar-refractivity contribution in [2.45, 2.75) is 12.4 Å². The number of aromatic nitrogens is 3. The Morgan fingerprint density at radius 1 is 0.923 bits per heavy atom. The van der Waals surface area contributed by atoms with Gasteiger partial charge in [0.1, 0.15) is 11.2 Å². The number of pyridine rings is 1. The van der Waals surface area contributed by atoms with Gasteiger partial charge in [-0.1, -0.05) is 12.1 Å². The molecule has 0 aliphatic rings. The molecule has 0 fully saturated rings. The SMILES string of the molecule is FC(F)(F)c1cc(C(F)(F)F)c2ccc3cc(-c4nnco4)oc3c2n1. The molecule has 0 unspecified atom stereocenters. The molecule has 0 saturated carbocycles. The fourth-order valence-corrected chi connectivity index (χ4v) is 2.55. The summed E-state index contributed by atoms with van der Waals surface area (Å²) in [7, 11) is 0. The Kier molecular flexibility index (Phi) is 3.27. The quantitative estimate of drug-likeness (QED) is 0.436. The molecule has 11 heteroatoms. The fraction of sp³-hybridized carbons (Fsp3) is 0.133. The van der Waals surface area contributed by atoms with Gasteiger partial charge in [-0.15, -0.1) is 10.2 Å². The van der Waals surface area contributed by atoms with Crippen LogP contribution in [0.3, 0.4) is 0 Å². The van der Waals surface area contributed by atoms with Crippen LogP contribution in [-0.4, -0.2) is 15.2 Å². The first-order valence-electron chi connectivity index (χ1n) is 6.93. The van der Waals surface area contributed by atoms with Gasteiger partial charge in [-0.2, -0.15) is 26.3 Å². The molecule has 1 aromatic carbocycles. The Morgan fingerprint density at radius 3 is 2.31 bits per heavy atom. The van der Waals surface area contributed by atoms with Gasteiger partial charge in [0.2, 0.25) is 6.39 Å². The van der Waals surface area contributed by atoms with E-state index in [1.54, 1.807) is 0 Å². The summed E-state index contributed by atoms with van der Waals surface area (Å²) >= 11 is 0. The monoisotopic (exact) mass is 373 g/mol. The Morgan fingerprint density at radius 2 is 1.69 bits per heavy atom. The van der Waals surface area contributed by atoms with Crippen molar-refractivity contribution in [3.63, 3.8) is 0 Å². The largest absolute Gasteiger partial charge is 0.449 e. The molecular weight excluding hydrogens is 368 g/mol. The zero-order valence-corrected chi connectivity index (χ0v) is 12.3. The lowest BCUT2D eigenvalue weighted by Crippen LogP contribution is -2.13. The predicted molar refractivity (Wildman–Crippen MR) is 74.8 cm³/mol. The van der Waals surface area contributed by atoms with Crippen LogP contribution in [-0.2, 0) is 12.4 Å².